The van der Waals surface area contributed by atoms with Crippen molar-refractivity contribution in [1.29, 1.82) is 0 Å². The van der Waals surface area contributed by atoms with Crippen LogP contribution in [0.4, 0.5) is 0 Å². The van der Waals surface area contributed by atoms with Crippen LogP contribution in [-0.4, -0.2) is 25.4 Å². The summed E-state index contributed by atoms with van der Waals surface area (Å²) in [5.41, 5.74) is 4.47. The minimum absolute atomic E-state index is 0.0194. The molecule has 28 heavy (non-hydrogen) atoms. The number of carbonyl (C=O) groups excluding carboxylic acids is 1. The summed E-state index contributed by atoms with van der Waals surface area (Å²) in [6.45, 7) is 7.12. The molecule has 1 heterocycles. The van der Waals surface area contributed by atoms with Crippen LogP contribution in [0, 0.1) is 27.7 Å². The fraction of sp³-hybridized carbons (Fsp3) is 0.286. The summed E-state index contributed by atoms with van der Waals surface area (Å²) >= 11 is 0. The average Bonchev–Trinajstić information content (AvgIpc) is 3.02. The highest BCUT2D eigenvalue weighted by Crippen LogP contribution is 2.26. The van der Waals surface area contributed by atoms with Gasteiger partial charge < -0.3 is 14.9 Å². The predicted molar refractivity (Wildman–Crippen MR) is 107 cm³/mol. The fourth-order valence-corrected chi connectivity index (χ4v) is 5.32. The lowest BCUT2D eigenvalue weighted by Gasteiger charge is -2.22. The van der Waals surface area contributed by atoms with Gasteiger partial charge in [0.05, 0.1) is 16.9 Å². The standard InChI is InChI=1S/C21H24N2O4S/c1-12-9-13(2)15(4)20(14(12)3)28(26,27)23-19(21(24)25)10-16-11-22-18-8-6-5-7-17(16)18/h5-9,11,19,22-23H,10H2,1-4H3,(H,24,25)/p-1/t19-/m1/s1. The lowest BCUT2D eigenvalue weighted by Crippen LogP contribution is -2.49. The van der Waals surface area contributed by atoms with E-state index in [4.69, 9.17) is 0 Å². The number of rotatable bonds is 6. The average molecular weight is 399 g/mol. The topological polar surface area (TPSA) is 102 Å². The number of hydrogen-bond acceptors (Lipinski definition) is 4. The second-order valence-electron chi connectivity index (χ2n) is 7.15. The van der Waals surface area contributed by atoms with E-state index in [1.54, 1.807) is 20.0 Å². The van der Waals surface area contributed by atoms with Crippen LogP contribution in [0.5, 0.6) is 0 Å². The van der Waals surface area contributed by atoms with E-state index in [2.05, 4.69) is 9.71 Å². The lowest BCUT2D eigenvalue weighted by molar-refractivity contribution is -0.307. The molecule has 7 heteroatoms. The van der Waals surface area contributed by atoms with Crippen molar-refractivity contribution in [2.45, 2.75) is 45.1 Å². The zero-order valence-corrected chi connectivity index (χ0v) is 17.1. The summed E-state index contributed by atoms with van der Waals surface area (Å²) in [5.74, 6) is -1.46. The summed E-state index contributed by atoms with van der Waals surface area (Å²) in [6, 6.07) is 7.99. The van der Waals surface area contributed by atoms with Crippen molar-refractivity contribution in [1.82, 2.24) is 9.71 Å². The molecule has 0 aliphatic rings. The first-order chi connectivity index (χ1) is 13.1. The Hall–Kier alpha value is -2.64. The molecule has 0 fully saturated rings. The normalized spacial score (nSPS) is 13.0. The van der Waals surface area contributed by atoms with Crippen molar-refractivity contribution in [3.8, 4) is 0 Å². The first-order valence-corrected chi connectivity index (χ1v) is 10.5. The number of carboxylic acids is 1. The largest absolute Gasteiger partial charge is 0.548 e. The molecule has 1 atom stereocenters. The molecule has 3 aromatic rings. The monoisotopic (exact) mass is 399 g/mol. The van der Waals surface area contributed by atoms with Gasteiger partial charge in [-0.15, -0.1) is 0 Å². The van der Waals surface area contributed by atoms with Gasteiger partial charge in [-0.05, 0) is 68.0 Å². The highest BCUT2D eigenvalue weighted by Gasteiger charge is 2.26. The van der Waals surface area contributed by atoms with E-state index in [1.807, 2.05) is 44.2 Å². The van der Waals surface area contributed by atoms with E-state index >= 15 is 0 Å². The third-order valence-electron chi connectivity index (χ3n) is 5.25. The Labute approximate surface area is 164 Å². The Kier molecular flexibility index (Phi) is 5.32. The number of para-hydroxylation sites is 1. The van der Waals surface area contributed by atoms with Crippen molar-refractivity contribution in [2.75, 3.05) is 0 Å². The minimum atomic E-state index is -4.05. The summed E-state index contributed by atoms with van der Waals surface area (Å²) in [4.78, 5) is 14.9. The number of H-pyrrole nitrogens is 1. The Bertz CT molecular complexity index is 1140. The van der Waals surface area contributed by atoms with Crippen LogP contribution in [0.3, 0.4) is 0 Å². The molecule has 0 amide bonds. The highest BCUT2D eigenvalue weighted by atomic mass is 32.2. The van der Waals surface area contributed by atoms with Gasteiger partial charge in [-0.2, -0.15) is 0 Å². The number of carboxylic acid groups (broad SMARTS) is 1. The van der Waals surface area contributed by atoms with E-state index in [1.165, 1.54) is 0 Å². The van der Waals surface area contributed by atoms with Crippen LogP contribution in [0.25, 0.3) is 10.9 Å². The molecule has 1 aromatic heterocycles. The van der Waals surface area contributed by atoms with E-state index in [9.17, 15) is 18.3 Å². The van der Waals surface area contributed by atoms with Gasteiger partial charge in [0.25, 0.3) is 0 Å². The number of sulfonamides is 1. The van der Waals surface area contributed by atoms with Crippen LogP contribution < -0.4 is 9.83 Å². The Morgan fingerprint density at radius 3 is 2.32 bits per heavy atom. The molecule has 0 aliphatic heterocycles. The Morgan fingerprint density at radius 2 is 1.71 bits per heavy atom. The number of aliphatic carboxylic acids is 1. The zero-order valence-electron chi connectivity index (χ0n) is 16.3. The number of aryl methyl sites for hydroxylation is 2. The van der Waals surface area contributed by atoms with Gasteiger partial charge in [0, 0.05) is 17.1 Å². The smallest absolute Gasteiger partial charge is 0.241 e. The first-order valence-electron chi connectivity index (χ1n) is 8.97. The van der Waals surface area contributed by atoms with E-state index in [-0.39, 0.29) is 11.3 Å². The molecule has 2 aromatic carbocycles. The molecule has 3 rings (SSSR count). The van der Waals surface area contributed by atoms with Crippen molar-refractivity contribution >= 4 is 26.9 Å². The SMILES string of the molecule is Cc1cc(C)c(C)c(S(=O)(=O)N[C@H](Cc2c[nH]c3ccccc23)C(=O)[O-])c1C. The second-order valence-corrected chi connectivity index (χ2v) is 8.80. The van der Waals surface area contributed by atoms with Crippen LogP contribution in [-0.2, 0) is 21.2 Å². The van der Waals surface area contributed by atoms with Gasteiger partial charge in [-0.1, -0.05) is 24.3 Å². The summed E-state index contributed by atoms with van der Waals surface area (Å²) in [5, 5.41) is 12.6. The van der Waals surface area contributed by atoms with Gasteiger partial charge in [-0.3, -0.25) is 0 Å². The van der Waals surface area contributed by atoms with Gasteiger partial charge >= 0.3 is 0 Å². The quantitative estimate of drug-likeness (QED) is 0.662. The predicted octanol–water partition coefficient (Wildman–Crippen LogP) is 2.04. The van der Waals surface area contributed by atoms with Crippen molar-refractivity contribution < 1.29 is 18.3 Å². The van der Waals surface area contributed by atoms with Gasteiger partial charge in [0.15, 0.2) is 0 Å². The van der Waals surface area contributed by atoms with Gasteiger partial charge in [-0.25, -0.2) is 13.1 Å². The molecule has 0 bridgehead atoms. The molecule has 0 aliphatic carbocycles. The third kappa shape index (κ3) is 3.68. The minimum Gasteiger partial charge on any atom is -0.548 e. The molecule has 0 spiro atoms. The molecule has 6 nitrogen and oxygen atoms in total. The van der Waals surface area contributed by atoms with Crippen LogP contribution in [0.1, 0.15) is 27.8 Å². The second kappa shape index (κ2) is 7.41. The number of benzene rings is 2. The van der Waals surface area contributed by atoms with Crippen molar-refractivity contribution in [3.63, 3.8) is 0 Å². The molecule has 148 valence electrons. The van der Waals surface area contributed by atoms with Crippen molar-refractivity contribution in [3.05, 3.63) is 64.3 Å². The van der Waals surface area contributed by atoms with Crippen LogP contribution in [0.2, 0.25) is 0 Å². The molecule has 0 saturated carbocycles. The van der Waals surface area contributed by atoms with E-state index in [0.717, 1.165) is 22.0 Å². The number of aromatic nitrogens is 1. The summed E-state index contributed by atoms with van der Waals surface area (Å²) in [6.07, 6.45) is 1.68. The molecule has 0 saturated heterocycles. The van der Waals surface area contributed by atoms with Gasteiger partial charge in [0.2, 0.25) is 10.0 Å². The molecule has 0 radical (unpaired) electrons. The number of hydrogen-bond donors (Lipinski definition) is 2. The first kappa shape index (κ1) is 20.1. The summed E-state index contributed by atoms with van der Waals surface area (Å²) in [7, 11) is -4.05. The number of fused-ring (bicyclic) bond motifs is 1. The highest BCUT2D eigenvalue weighted by molar-refractivity contribution is 7.89. The number of aromatic amines is 1. The molecule has 0 unspecified atom stereocenters. The van der Waals surface area contributed by atoms with Crippen LogP contribution >= 0.6 is 0 Å². The Balaban J connectivity index is 1.98. The molecular formula is C21H23N2O4S-. The van der Waals surface area contributed by atoms with E-state index < -0.39 is 22.0 Å². The Morgan fingerprint density at radius 1 is 1.11 bits per heavy atom. The maximum Gasteiger partial charge on any atom is 0.241 e. The molecule has 2 N–H and O–H groups in total. The van der Waals surface area contributed by atoms with E-state index in [0.29, 0.717) is 16.7 Å². The van der Waals surface area contributed by atoms with Crippen LogP contribution in [0.15, 0.2) is 41.4 Å². The maximum atomic E-state index is 13.1. The van der Waals surface area contributed by atoms with Crippen molar-refractivity contribution in [2.24, 2.45) is 0 Å². The number of nitrogens with one attached hydrogen (secondary N) is 2. The van der Waals surface area contributed by atoms with Gasteiger partial charge in [0.1, 0.15) is 0 Å². The number of carbonyl (C=O) groups is 1. The lowest BCUT2D eigenvalue weighted by atomic mass is 10.0. The fourth-order valence-electron chi connectivity index (χ4n) is 3.52. The maximum absolute atomic E-state index is 13.1. The zero-order chi connectivity index (χ0) is 20.6. The molecular weight excluding hydrogens is 376 g/mol. The third-order valence-corrected chi connectivity index (χ3v) is 6.99. The summed E-state index contributed by atoms with van der Waals surface area (Å²) < 4.78 is 28.5.